The highest BCUT2D eigenvalue weighted by molar-refractivity contribution is 5.98. The van der Waals surface area contributed by atoms with E-state index in [-0.39, 0.29) is 0 Å². The van der Waals surface area contributed by atoms with Gasteiger partial charge in [0.25, 0.3) is 5.91 Å². The van der Waals surface area contributed by atoms with Gasteiger partial charge in [0.05, 0.1) is 18.8 Å². The van der Waals surface area contributed by atoms with Gasteiger partial charge in [-0.3, -0.25) is 10.0 Å². The fraction of sp³-hybridized carbons (Fsp3) is 0.188. The molecule has 1 aliphatic rings. The number of hydrogen-bond acceptors (Lipinski definition) is 4. The average Bonchev–Trinajstić information content (AvgIpc) is 2.52. The minimum Gasteiger partial charge on any atom is -0.497 e. The predicted octanol–water partition coefficient (Wildman–Crippen LogP) is 1.97. The Morgan fingerprint density at radius 3 is 2.76 bits per heavy atom. The van der Waals surface area contributed by atoms with Crippen molar-refractivity contribution in [1.29, 1.82) is 0 Å². The largest absolute Gasteiger partial charge is 0.497 e. The first-order chi connectivity index (χ1) is 10.1. The fourth-order valence-corrected chi connectivity index (χ4v) is 2.54. The topological polar surface area (TPSA) is 75.8 Å². The van der Waals surface area contributed by atoms with Crippen LogP contribution in [0, 0.1) is 0 Å². The Balaban J connectivity index is 2.03. The van der Waals surface area contributed by atoms with Crippen molar-refractivity contribution in [3.8, 4) is 16.9 Å². The highest BCUT2D eigenvalue weighted by Crippen LogP contribution is 2.32. The van der Waals surface area contributed by atoms with Crippen LogP contribution in [0.3, 0.4) is 0 Å². The Bertz CT molecular complexity index is 700. The summed E-state index contributed by atoms with van der Waals surface area (Å²) in [5.74, 6) is 0.303. The first kappa shape index (κ1) is 13.6. The van der Waals surface area contributed by atoms with Crippen LogP contribution in [0.25, 0.3) is 11.1 Å². The minimum absolute atomic E-state index is 0.420. The molecule has 5 heteroatoms. The average molecular weight is 284 g/mol. The van der Waals surface area contributed by atoms with E-state index < -0.39 is 11.9 Å². The zero-order valence-electron chi connectivity index (χ0n) is 11.6. The van der Waals surface area contributed by atoms with Gasteiger partial charge in [-0.2, -0.15) is 5.06 Å². The number of fused-ring (bicyclic) bond motifs is 1. The lowest BCUT2D eigenvalue weighted by Gasteiger charge is -2.28. The van der Waals surface area contributed by atoms with Gasteiger partial charge < -0.3 is 10.5 Å². The van der Waals surface area contributed by atoms with Gasteiger partial charge in [-0.05, 0) is 47.4 Å². The highest BCUT2D eigenvalue weighted by atomic mass is 16.5. The lowest BCUT2D eigenvalue weighted by molar-refractivity contribution is -0.125. The quantitative estimate of drug-likeness (QED) is 0.827. The van der Waals surface area contributed by atoms with E-state index in [0.29, 0.717) is 17.2 Å². The molecular formula is C16H16N2O3. The van der Waals surface area contributed by atoms with Crippen LogP contribution >= 0.6 is 0 Å². The molecule has 0 fully saturated rings. The molecule has 0 saturated carbocycles. The van der Waals surface area contributed by atoms with Crippen LogP contribution in [0.5, 0.6) is 5.75 Å². The molecule has 1 heterocycles. The summed E-state index contributed by atoms with van der Waals surface area (Å²) in [5.41, 5.74) is 9.09. The van der Waals surface area contributed by atoms with Crippen LogP contribution in [0.2, 0.25) is 0 Å². The Labute approximate surface area is 122 Å². The number of amides is 1. The number of rotatable bonds is 2. The smallest absolute Gasteiger partial charge is 0.267 e. The first-order valence-corrected chi connectivity index (χ1v) is 6.66. The normalized spacial score (nSPS) is 17.6. The Morgan fingerprint density at radius 2 is 2.00 bits per heavy atom. The number of carbonyl (C=O) groups is 1. The van der Waals surface area contributed by atoms with Gasteiger partial charge >= 0.3 is 0 Å². The van der Waals surface area contributed by atoms with Crippen molar-refractivity contribution in [2.75, 3.05) is 12.2 Å². The molecule has 0 bridgehead atoms. The van der Waals surface area contributed by atoms with E-state index in [1.54, 1.807) is 13.2 Å². The van der Waals surface area contributed by atoms with Crippen molar-refractivity contribution < 1.29 is 14.7 Å². The van der Waals surface area contributed by atoms with Gasteiger partial charge in [-0.25, -0.2) is 0 Å². The van der Waals surface area contributed by atoms with Gasteiger partial charge in [0.15, 0.2) is 0 Å². The van der Waals surface area contributed by atoms with E-state index in [1.165, 1.54) is 0 Å². The number of anilines is 1. The molecule has 0 aliphatic carbocycles. The van der Waals surface area contributed by atoms with Gasteiger partial charge in [0, 0.05) is 0 Å². The molecule has 0 unspecified atom stereocenters. The SMILES string of the molecule is COc1cccc(-c2ccc3c(c2)C[C@H](N)C(=O)N3O)c1. The lowest BCUT2D eigenvalue weighted by Crippen LogP contribution is -2.47. The third kappa shape index (κ3) is 2.37. The molecule has 108 valence electrons. The molecule has 1 amide bonds. The van der Waals surface area contributed by atoms with Crippen LogP contribution in [-0.2, 0) is 11.2 Å². The summed E-state index contributed by atoms with van der Waals surface area (Å²) in [6, 6.07) is 12.5. The summed E-state index contributed by atoms with van der Waals surface area (Å²) in [6.45, 7) is 0. The molecule has 0 radical (unpaired) electrons. The number of nitrogens with zero attached hydrogens (tertiary/aromatic N) is 1. The molecule has 0 spiro atoms. The van der Waals surface area contributed by atoms with E-state index in [9.17, 15) is 10.0 Å². The number of carbonyl (C=O) groups excluding carboxylic acids is 1. The second kappa shape index (κ2) is 5.20. The van der Waals surface area contributed by atoms with Crippen molar-refractivity contribution in [1.82, 2.24) is 0 Å². The summed E-state index contributed by atoms with van der Waals surface area (Å²) < 4.78 is 5.22. The number of hydrogen-bond donors (Lipinski definition) is 2. The van der Waals surface area contributed by atoms with Crippen molar-refractivity contribution in [2.45, 2.75) is 12.5 Å². The number of hydroxylamine groups is 1. The molecule has 3 N–H and O–H groups in total. The fourth-order valence-electron chi connectivity index (χ4n) is 2.54. The van der Waals surface area contributed by atoms with Crippen LogP contribution in [0.4, 0.5) is 5.69 Å². The number of nitrogens with two attached hydrogens (primary N) is 1. The zero-order valence-corrected chi connectivity index (χ0v) is 11.6. The Morgan fingerprint density at radius 1 is 1.24 bits per heavy atom. The Kier molecular flexibility index (Phi) is 3.37. The standard InChI is InChI=1S/C16H16N2O3/c1-21-13-4-2-3-10(8-13)11-5-6-15-12(7-11)9-14(17)16(19)18(15)20/h2-8,14,20H,9,17H2,1H3/t14-/m0/s1. The second-order valence-corrected chi connectivity index (χ2v) is 5.04. The van der Waals surface area contributed by atoms with Gasteiger partial charge in [-0.15, -0.1) is 0 Å². The number of ether oxygens (including phenoxy) is 1. The zero-order chi connectivity index (χ0) is 15.0. The van der Waals surface area contributed by atoms with Crippen molar-refractivity contribution in [3.05, 3.63) is 48.0 Å². The predicted molar refractivity (Wildman–Crippen MR) is 79.4 cm³/mol. The molecule has 0 aromatic heterocycles. The van der Waals surface area contributed by atoms with Crippen LogP contribution < -0.4 is 15.5 Å². The van der Waals surface area contributed by atoms with E-state index >= 15 is 0 Å². The van der Waals surface area contributed by atoms with E-state index in [2.05, 4.69) is 0 Å². The van der Waals surface area contributed by atoms with Crippen LogP contribution in [0.1, 0.15) is 5.56 Å². The summed E-state index contributed by atoms with van der Waals surface area (Å²) >= 11 is 0. The molecule has 2 aromatic carbocycles. The Hall–Kier alpha value is -2.37. The summed E-state index contributed by atoms with van der Waals surface area (Å²) in [5, 5.41) is 10.5. The van der Waals surface area contributed by atoms with Gasteiger partial charge in [-0.1, -0.05) is 18.2 Å². The maximum absolute atomic E-state index is 11.7. The highest BCUT2D eigenvalue weighted by Gasteiger charge is 2.29. The molecule has 21 heavy (non-hydrogen) atoms. The third-order valence-corrected chi connectivity index (χ3v) is 3.68. The van der Waals surface area contributed by atoms with E-state index in [1.807, 2.05) is 36.4 Å². The third-order valence-electron chi connectivity index (χ3n) is 3.68. The summed E-state index contributed by atoms with van der Waals surface area (Å²) in [4.78, 5) is 11.7. The second-order valence-electron chi connectivity index (χ2n) is 5.04. The number of benzene rings is 2. The summed E-state index contributed by atoms with van der Waals surface area (Å²) in [6.07, 6.45) is 0.420. The molecule has 1 atom stereocenters. The van der Waals surface area contributed by atoms with E-state index in [0.717, 1.165) is 22.4 Å². The van der Waals surface area contributed by atoms with Crippen molar-refractivity contribution >= 4 is 11.6 Å². The monoisotopic (exact) mass is 284 g/mol. The van der Waals surface area contributed by atoms with Crippen LogP contribution in [-0.4, -0.2) is 24.3 Å². The van der Waals surface area contributed by atoms with Crippen LogP contribution in [0.15, 0.2) is 42.5 Å². The molecule has 5 nitrogen and oxygen atoms in total. The molecule has 3 rings (SSSR count). The maximum Gasteiger partial charge on any atom is 0.267 e. The van der Waals surface area contributed by atoms with Crippen molar-refractivity contribution in [2.24, 2.45) is 5.73 Å². The summed E-state index contributed by atoms with van der Waals surface area (Å²) in [7, 11) is 1.63. The lowest BCUT2D eigenvalue weighted by atomic mass is 9.95. The molecular weight excluding hydrogens is 268 g/mol. The van der Waals surface area contributed by atoms with E-state index in [4.69, 9.17) is 10.5 Å². The first-order valence-electron chi connectivity index (χ1n) is 6.66. The van der Waals surface area contributed by atoms with Gasteiger partial charge in [0.2, 0.25) is 0 Å². The van der Waals surface area contributed by atoms with Gasteiger partial charge in [0.1, 0.15) is 5.75 Å². The van der Waals surface area contributed by atoms with Crippen molar-refractivity contribution in [3.63, 3.8) is 0 Å². The molecule has 0 saturated heterocycles. The maximum atomic E-state index is 11.7. The minimum atomic E-state index is -0.706. The molecule has 2 aromatic rings. The molecule has 1 aliphatic heterocycles. The number of methoxy groups -OCH3 is 1.